The quantitative estimate of drug-likeness (QED) is 0.685. The second-order valence-corrected chi connectivity index (χ2v) is 9.77. The fourth-order valence-electron chi connectivity index (χ4n) is 3.90. The number of pyridine rings is 1. The van der Waals surface area contributed by atoms with Crippen molar-refractivity contribution in [2.45, 2.75) is 25.8 Å². The Kier molecular flexibility index (Phi) is 5.33. The molecule has 0 spiro atoms. The Morgan fingerprint density at radius 2 is 1.83 bits per heavy atom. The fraction of sp³-hybridized carbons (Fsp3) is 0.381. The Morgan fingerprint density at radius 3 is 2.50 bits per heavy atom. The van der Waals surface area contributed by atoms with Gasteiger partial charge in [-0.1, -0.05) is 24.3 Å². The van der Waals surface area contributed by atoms with E-state index < -0.39 is 10.0 Å². The lowest BCUT2D eigenvalue weighted by molar-refractivity contribution is 0.331. The van der Waals surface area contributed by atoms with Gasteiger partial charge in [0, 0.05) is 43.3 Å². The molecule has 8 nitrogen and oxygen atoms in total. The van der Waals surface area contributed by atoms with Crippen LogP contribution in [-0.2, 0) is 17.1 Å². The second-order valence-electron chi connectivity index (χ2n) is 7.79. The molecule has 0 unspecified atom stereocenters. The molecule has 0 atom stereocenters. The van der Waals surface area contributed by atoms with E-state index in [0.717, 1.165) is 16.5 Å². The van der Waals surface area contributed by atoms with E-state index in [1.807, 2.05) is 37.3 Å². The molecule has 30 heavy (non-hydrogen) atoms. The van der Waals surface area contributed by atoms with Crippen molar-refractivity contribution in [3.63, 3.8) is 0 Å². The number of fused-ring (bicyclic) bond motifs is 1. The van der Waals surface area contributed by atoms with E-state index in [4.69, 9.17) is 0 Å². The first kappa shape index (κ1) is 20.5. The zero-order valence-electron chi connectivity index (χ0n) is 17.3. The highest BCUT2D eigenvalue weighted by atomic mass is 32.2. The van der Waals surface area contributed by atoms with Crippen LogP contribution in [0.1, 0.15) is 18.4 Å². The van der Waals surface area contributed by atoms with Crippen molar-refractivity contribution in [3.05, 3.63) is 52.4 Å². The van der Waals surface area contributed by atoms with Gasteiger partial charge in [-0.15, -0.1) is 0 Å². The molecule has 158 valence electrons. The highest BCUT2D eigenvalue weighted by Gasteiger charge is 2.25. The first-order chi connectivity index (χ1) is 14.2. The average Bonchev–Trinajstić information content (AvgIpc) is 2.71. The summed E-state index contributed by atoms with van der Waals surface area (Å²) in [5.74, 6) is 0.443. The second kappa shape index (κ2) is 7.81. The SMILES string of the molecule is Cc1ccccc1-c1cc2cnc(NC3CCN(S(C)(=O)=O)CC3)nc2n(C)c1=O. The summed E-state index contributed by atoms with van der Waals surface area (Å²) < 4.78 is 26.4. The van der Waals surface area contributed by atoms with Crippen molar-refractivity contribution in [2.75, 3.05) is 24.7 Å². The maximum atomic E-state index is 13.0. The predicted molar refractivity (Wildman–Crippen MR) is 118 cm³/mol. The molecular weight excluding hydrogens is 402 g/mol. The van der Waals surface area contributed by atoms with E-state index >= 15 is 0 Å². The molecule has 1 aliphatic heterocycles. The number of nitrogens with one attached hydrogen (secondary N) is 1. The van der Waals surface area contributed by atoms with Crippen molar-refractivity contribution < 1.29 is 8.42 Å². The Bertz CT molecular complexity index is 1260. The highest BCUT2D eigenvalue weighted by molar-refractivity contribution is 7.88. The van der Waals surface area contributed by atoms with Gasteiger partial charge in [0.05, 0.1) is 6.26 Å². The topological polar surface area (TPSA) is 97.2 Å². The largest absolute Gasteiger partial charge is 0.351 e. The van der Waals surface area contributed by atoms with E-state index in [2.05, 4.69) is 15.3 Å². The third-order valence-corrected chi connectivity index (χ3v) is 6.94. The third kappa shape index (κ3) is 3.95. The number of rotatable bonds is 4. The summed E-state index contributed by atoms with van der Waals surface area (Å²) in [5, 5.41) is 4.07. The Hall–Kier alpha value is -2.78. The molecular formula is C21H25N5O3S. The van der Waals surface area contributed by atoms with Gasteiger partial charge in [-0.25, -0.2) is 17.7 Å². The molecule has 1 saturated heterocycles. The number of nitrogens with zero attached hydrogens (tertiary/aromatic N) is 4. The van der Waals surface area contributed by atoms with Gasteiger partial charge >= 0.3 is 0 Å². The lowest BCUT2D eigenvalue weighted by Crippen LogP contribution is -2.42. The average molecular weight is 428 g/mol. The number of aryl methyl sites for hydroxylation is 2. The molecule has 1 fully saturated rings. The number of sulfonamides is 1. The van der Waals surface area contributed by atoms with Crippen LogP contribution < -0.4 is 10.9 Å². The van der Waals surface area contributed by atoms with E-state index in [9.17, 15) is 13.2 Å². The molecule has 0 saturated carbocycles. The Morgan fingerprint density at radius 1 is 1.13 bits per heavy atom. The molecule has 9 heteroatoms. The van der Waals surface area contributed by atoms with Crippen LogP contribution in [0.3, 0.4) is 0 Å². The summed E-state index contributed by atoms with van der Waals surface area (Å²) in [5.41, 5.74) is 3.01. The van der Waals surface area contributed by atoms with Gasteiger partial charge in [0.25, 0.3) is 5.56 Å². The van der Waals surface area contributed by atoms with Gasteiger partial charge in [-0.2, -0.15) is 4.98 Å². The Balaban J connectivity index is 1.61. The summed E-state index contributed by atoms with van der Waals surface area (Å²) in [6, 6.07) is 9.73. The molecule has 1 N–H and O–H groups in total. The van der Waals surface area contributed by atoms with Gasteiger partial charge in [0.1, 0.15) is 5.65 Å². The van der Waals surface area contributed by atoms with Crippen LogP contribution in [0, 0.1) is 6.92 Å². The molecule has 0 amide bonds. The van der Waals surface area contributed by atoms with Gasteiger partial charge < -0.3 is 5.32 Å². The van der Waals surface area contributed by atoms with Crippen LogP contribution in [0.5, 0.6) is 0 Å². The maximum absolute atomic E-state index is 13.0. The van der Waals surface area contributed by atoms with Crippen LogP contribution in [0.2, 0.25) is 0 Å². The zero-order chi connectivity index (χ0) is 21.5. The summed E-state index contributed by atoms with van der Waals surface area (Å²) >= 11 is 0. The number of aromatic nitrogens is 3. The third-order valence-electron chi connectivity index (χ3n) is 5.64. The first-order valence-electron chi connectivity index (χ1n) is 9.88. The molecule has 0 bridgehead atoms. The lowest BCUT2D eigenvalue weighted by Gasteiger charge is -2.30. The fourth-order valence-corrected chi connectivity index (χ4v) is 4.77. The summed E-state index contributed by atoms with van der Waals surface area (Å²) in [7, 11) is -1.44. The standard InChI is InChI=1S/C21H25N5O3S/c1-14-6-4-5-7-17(14)18-12-15-13-22-21(24-19(15)25(2)20(18)27)23-16-8-10-26(11-9-16)30(3,28)29/h4-7,12-13,16H,8-11H2,1-3H3,(H,22,23,24). The number of piperidine rings is 1. The first-order valence-corrected chi connectivity index (χ1v) is 11.7. The highest BCUT2D eigenvalue weighted by Crippen LogP contribution is 2.23. The maximum Gasteiger partial charge on any atom is 0.259 e. The lowest BCUT2D eigenvalue weighted by atomic mass is 10.0. The minimum Gasteiger partial charge on any atom is -0.351 e. The van der Waals surface area contributed by atoms with Gasteiger partial charge in [0.2, 0.25) is 16.0 Å². The monoisotopic (exact) mass is 427 g/mol. The molecule has 4 rings (SSSR count). The Labute approximate surface area is 175 Å². The van der Waals surface area contributed by atoms with Crippen molar-refractivity contribution in [2.24, 2.45) is 7.05 Å². The van der Waals surface area contributed by atoms with Crippen LogP contribution in [0.25, 0.3) is 22.2 Å². The van der Waals surface area contributed by atoms with Crippen LogP contribution in [0.15, 0.2) is 41.3 Å². The molecule has 3 aromatic rings. The van der Waals surface area contributed by atoms with Crippen molar-refractivity contribution in [3.8, 4) is 11.1 Å². The molecule has 2 aromatic heterocycles. The molecule has 3 heterocycles. The van der Waals surface area contributed by atoms with Gasteiger partial charge in [-0.3, -0.25) is 9.36 Å². The van der Waals surface area contributed by atoms with E-state index in [1.165, 1.54) is 10.6 Å². The smallest absolute Gasteiger partial charge is 0.259 e. The summed E-state index contributed by atoms with van der Waals surface area (Å²) in [6.07, 6.45) is 4.32. The van der Waals surface area contributed by atoms with E-state index in [1.54, 1.807) is 17.8 Å². The number of hydrogen-bond donors (Lipinski definition) is 1. The number of benzene rings is 1. The van der Waals surface area contributed by atoms with Crippen LogP contribution in [0.4, 0.5) is 5.95 Å². The van der Waals surface area contributed by atoms with E-state index in [0.29, 0.717) is 43.1 Å². The predicted octanol–water partition coefficient (Wildman–Crippen LogP) is 2.14. The van der Waals surface area contributed by atoms with Gasteiger partial charge in [-0.05, 0) is 37.0 Å². The van der Waals surface area contributed by atoms with Gasteiger partial charge in [0.15, 0.2) is 0 Å². The van der Waals surface area contributed by atoms with Crippen molar-refractivity contribution in [1.82, 2.24) is 18.8 Å². The molecule has 1 aromatic carbocycles. The van der Waals surface area contributed by atoms with Crippen LogP contribution >= 0.6 is 0 Å². The minimum atomic E-state index is -3.16. The van der Waals surface area contributed by atoms with E-state index in [-0.39, 0.29) is 11.6 Å². The molecule has 0 aliphatic carbocycles. The number of anilines is 1. The minimum absolute atomic E-state index is 0.0868. The van der Waals surface area contributed by atoms with Crippen LogP contribution in [-0.4, -0.2) is 52.6 Å². The van der Waals surface area contributed by atoms with Crippen molar-refractivity contribution in [1.29, 1.82) is 0 Å². The molecule has 0 radical (unpaired) electrons. The molecule has 1 aliphatic rings. The summed E-state index contributed by atoms with van der Waals surface area (Å²) in [4.78, 5) is 22.0. The number of hydrogen-bond acceptors (Lipinski definition) is 6. The normalized spacial score (nSPS) is 16.1. The zero-order valence-corrected chi connectivity index (χ0v) is 18.1. The summed E-state index contributed by atoms with van der Waals surface area (Å²) in [6.45, 7) is 2.93. The van der Waals surface area contributed by atoms with Crippen molar-refractivity contribution >= 4 is 27.0 Å².